The molecule has 0 radical (unpaired) electrons. The number of benzene rings is 1. The topological polar surface area (TPSA) is 77.2 Å². The molecule has 0 aliphatic carbocycles. The summed E-state index contributed by atoms with van der Waals surface area (Å²) in [6.07, 6.45) is 0.249. The van der Waals surface area contributed by atoms with Crippen LogP contribution in [0.1, 0.15) is 17.4 Å². The van der Waals surface area contributed by atoms with Crippen LogP contribution < -0.4 is 0 Å². The maximum atomic E-state index is 11.4. The lowest BCUT2D eigenvalue weighted by Gasteiger charge is -2.12. The Morgan fingerprint density at radius 3 is 2.78 bits per heavy atom. The predicted molar refractivity (Wildman–Crippen MR) is 63.1 cm³/mol. The molecule has 1 aromatic heterocycles. The molecule has 1 unspecified atom stereocenters. The van der Waals surface area contributed by atoms with E-state index in [1.165, 1.54) is 11.9 Å². The van der Waals surface area contributed by atoms with Gasteiger partial charge in [-0.15, -0.1) is 0 Å². The summed E-state index contributed by atoms with van der Waals surface area (Å²) in [5.41, 5.74) is 1.70. The van der Waals surface area contributed by atoms with E-state index in [9.17, 15) is 9.90 Å². The molecule has 6 nitrogen and oxygen atoms in total. The molecular formula is C12H13N3O3. The highest BCUT2D eigenvalue weighted by molar-refractivity contribution is 5.77. The van der Waals surface area contributed by atoms with Gasteiger partial charge in [-0.2, -0.15) is 15.0 Å². The van der Waals surface area contributed by atoms with E-state index in [0.29, 0.717) is 11.3 Å². The van der Waals surface area contributed by atoms with E-state index in [-0.39, 0.29) is 0 Å². The van der Waals surface area contributed by atoms with Crippen molar-refractivity contribution in [3.8, 4) is 5.69 Å². The quantitative estimate of drug-likeness (QED) is 0.811. The standard InChI is InChI=1S/C12H13N3O3/c1-8-7-13-15(14-8)10-6-4-3-5-9(10)11(16)12(17)18-2/h3-7,11,16H,1-2H3. The minimum absolute atomic E-state index is 0.403. The number of para-hydroxylation sites is 1. The first kappa shape index (κ1) is 12.3. The fraction of sp³-hybridized carbons (Fsp3) is 0.250. The van der Waals surface area contributed by atoms with E-state index < -0.39 is 12.1 Å². The number of carbonyl (C=O) groups excluding carboxylic acids is 1. The maximum Gasteiger partial charge on any atom is 0.339 e. The van der Waals surface area contributed by atoms with Gasteiger partial charge in [0.15, 0.2) is 6.10 Å². The summed E-state index contributed by atoms with van der Waals surface area (Å²) >= 11 is 0. The van der Waals surface area contributed by atoms with Crippen LogP contribution in [0, 0.1) is 6.92 Å². The average molecular weight is 247 g/mol. The third-order valence-electron chi connectivity index (χ3n) is 2.48. The first-order valence-electron chi connectivity index (χ1n) is 5.37. The molecule has 0 bridgehead atoms. The Hall–Kier alpha value is -2.21. The number of methoxy groups -OCH3 is 1. The summed E-state index contributed by atoms with van der Waals surface area (Å²) < 4.78 is 4.52. The highest BCUT2D eigenvalue weighted by Crippen LogP contribution is 2.21. The van der Waals surface area contributed by atoms with Crippen LogP contribution in [0.25, 0.3) is 5.69 Å². The van der Waals surface area contributed by atoms with Crippen LogP contribution in [0.2, 0.25) is 0 Å². The van der Waals surface area contributed by atoms with Crippen molar-refractivity contribution in [1.29, 1.82) is 0 Å². The van der Waals surface area contributed by atoms with Crippen LogP contribution in [-0.4, -0.2) is 33.2 Å². The summed E-state index contributed by atoms with van der Waals surface area (Å²) in [6, 6.07) is 6.86. The molecule has 94 valence electrons. The molecule has 0 saturated heterocycles. The summed E-state index contributed by atoms with van der Waals surface area (Å²) in [4.78, 5) is 12.8. The minimum Gasteiger partial charge on any atom is -0.467 e. The second-order valence-electron chi connectivity index (χ2n) is 3.76. The predicted octanol–water partition coefficient (Wildman–Crippen LogP) is 0.782. The summed E-state index contributed by atoms with van der Waals surface area (Å²) in [6.45, 7) is 1.81. The van der Waals surface area contributed by atoms with Gasteiger partial charge in [0.2, 0.25) is 0 Å². The highest BCUT2D eigenvalue weighted by atomic mass is 16.5. The lowest BCUT2D eigenvalue weighted by Crippen LogP contribution is -2.16. The number of esters is 1. The zero-order chi connectivity index (χ0) is 13.1. The van der Waals surface area contributed by atoms with E-state index in [0.717, 1.165) is 5.69 Å². The van der Waals surface area contributed by atoms with Crippen molar-refractivity contribution in [2.45, 2.75) is 13.0 Å². The number of aliphatic hydroxyl groups is 1. The van der Waals surface area contributed by atoms with Gasteiger partial charge in [-0.25, -0.2) is 4.79 Å². The van der Waals surface area contributed by atoms with Crippen LogP contribution in [0.5, 0.6) is 0 Å². The van der Waals surface area contributed by atoms with E-state index in [1.807, 2.05) is 6.92 Å². The van der Waals surface area contributed by atoms with Gasteiger partial charge in [-0.3, -0.25) is 0 Å². The summed E-state index contributed by atoms with van der Waals surface area (Å²) in [7, 11) is 1.23. The average Bonchev–Trinajstić information content (AvgIpc) is 2.83. The first-order valence-corrected chi connectivity index (χ1v) is 5.37. The third kappa shape index (κ3) is 2.23. The number of rotatable bonds is 3. The fourth-order valence-corrected chi connectivity index (χ4v) is 1.59. The maximum absolute atomic E-state index is 11.4. The molecule has 0 aliphatic heterocycles. The number of carbonyl (C=O) groups is 1. The molecule has 0 fully saturated rings. The molecule has 0 saturated carbocycles. The van der Waals surface area contributed by atoms with E-state index in [2.05, 4.69) is 14.9 Å². The minimum atomic E-state index is -1.35. The first-order chi connectivity index (χ1) is 8.63. The monoisotopic (exact) mass is 247 g/mol. The van der Waals surface area contributed by atoms with Crippen molar-refractivity contribution < 1.29 is 14.6 Å². The number of ether oxygens (including phenoxy) is 1. The van der Waals surface area contributed by atoms with Crippen molar-refractivity contribution in [1.82, 2.24) is 15.0 Å². The molecule has 1 heterocycles. The van der Waals surface area contributed by atoms with Crippen molar-refractivity contribution in [2.24, 2.45) is 0 Å². The van der Waals surface area contributed by atoms with Gasteiger partial charge in [0.25, 0.3) is 0 Å². The van der Waals surface area contributed by atoms with Crippen LogP contribution in [0.3, 0.4) is 0 Å². The van der Waals surface area contributed by atoms with Gasteiger partial charge >= 0.3 is 5.97 Å². The van der Waals surface area contributed by atoms with Crippen molar-refractivity contribution >= 4 is 5.97 Å². The number of aliphatic hydroxyl groups excluding tert-OH is 1. The Bertz CT molecular complexity index is 565. The van der Waals surface area contributed by atoms with Crippen LogP contribution in [-0.2, 0) is 9.53 Å². The molecule has 1 aromatic carbocycles. The van der Waals surface area contributed by atoms with Crippen LogP contribution >= 0.6 is 0 Å². The lowest BCUT2D eigenvalue weighted by atomic mass is 10.1. The van der Waals surface area contributed by atoms with Crippen LogP contribution in [0.15, 0.2) is 30.5 Å². The lowest BCUT2D eigenvalue weighted by molar-refractivity contribution is -0.150. The third-order valence-corrected chi connectivity index (χ3v) is 2.48. The SMILES string of the molecule is COC(=O)C(O)c1ccccc1-n1ncc(C)n1. The number of nitrogens with zero attached hydrogens (tertiary/aromatic N) is 3. The second-order valence-corrected chi connectivity index (χ2v) is 3.76. The number of hydrogen-bond donors (Lipinski definition) is 1. The van der Waals surface area contributed by atoms with Gasteiger partial charge in [0.05, 0.1) is 24.7 Å². The Labute approximate surface area is 104 Å². The molecular weight excluding hydrogens is 234 g/mol. The van der Waals surface area contributed by atoms with Gasteiger partial charge < -0.3 is 9.84 Å². The van der Waals surface area contributed by atoms with Crippen molar-refractivity contribution in [2.75, 3.05) is 7.11 Å². The van der Waals surface area contributed by atoms with Gasteiger partial charge in [-0.05, 0) is 13.0 Å². The molecule has 0 aliphatic rings. The summed E-state index contributed by atoms with van der Waals surface area (Å²) in [5.74, 6) is -0.716. The largest absolute Gasteiger partial charge is 0.467 e. The number of aryl methyl sites for hydroxylation is 1. The van der Waals surface area contributed by atoms with Gasteiger partial charge in [0, 0.05) is 5.56 Å². The molecule has 6 heteroatoms. The summed E-state index contributed by atoms with van der Waals surface area (Å²) in [5, 5.41) is 18.1. The second kappa shape index (κ2) is 4.97. The van der Waals surface area contributed by atoms with E-state index in [4.69, 9.17) is 0 Å². The normalized spacial score (nSPS) is 12.2. The van der Waals surface area contributed by atoms with Gasteiger partial charge in [-0.1, -0.05) is 18.2 Å². The Kier molecular flexibility index (Phi) is 3.38. The number of hydrogen-bond acceptors (Lipinski definition) is 5. The zero-order valence-electron chi connectivity index (χ0n) is 10.1. The molecule has 0 spiro atoms. The van der Waals surface area contributed by atoms with Crippen molar-refractivity contribution in [3.05, 3.63) is 41.7 Å². The van der Waals surface area contributed by atoms with Crippen LogP contribution in [0.4, 0.5) is 0 Å². The Morgan fingerprint density at radius 2 is 2.17 bits per heavy atom. The molecule has 2 rings (SSSR count). The molecule has 18 heavy (non-hydrogen) atoms. The molecule has 0 amide bonds. The van der Waals surface area contributed by atoms with Crippen molar-refractivity contribution in [3.63, 3.8) is 0 Å². The zero-order valence-corrected chi connectivity index (χ0v) is 10.1. The molecule has 1 N–H and O–H groups in total. The van der Waals surface area contributed by atoms with E-state index >= 15 is 0 Å². The smallest absolute Gasteiger partial charge is 0.339 e. The Balaban J connectivity index is 2.46. The highest BCUT2D eigenvalue weighted by Gasteiger charge is 2.22. The molecule has 1 atom stereocenters. The molecule has 2 aromatic rings. The fourth-order valence-electron chi connectivity index (χ4n) is 1.59. The van der Waals surface area contributed by atoms with Gasteiger partial charge in [0.1, 0.15) is 0 Å². The Morgan fingerprint density at radius 1 is 1.44 bits per heavy atom. The van der Waals surface area contributed by atoms with E-state index in [1.54, 1.807) is 30.5 Å². The number of aromatic nitrogens is 3.